The number of allylic oxidation sites excluding steroid dienone is 2. The smallest absolute Gasteiger partial charge is 0.219 e. The average Bonchev–Trinajstić information content (AvgIpc) is 2.50. The van der Waals surface area contributed by atoms with Crippen molar-refractivity contribution in [3.63, 3.8) is 0 Å². The van der Waals surface area contributed by atoms with Crippen LogP contribution in [0.2, 0.25) is 0 Å². The Morgan fingerprint density at radius 3 is 2.93 bits per heavy atom. The van der Waals surface area contributed by atoms with E-state index in [4.69, 9.17) is 5.73 Å². The summed E-state index contributed by atoms with van der Waals surface area (Å²) in [6.07, 6.45) is 2.98. The lowest BCUT2D eigenvalue weighted by Crippen LogP contribution is -2.16. The molecule has 0 amide bonds. The number of hydrogen-bond donors (Lipinski definition) is 2. The number of carbonyl (C=O) groups is 1. The second-order valence-corrected chi connectivity index (χ2v) is 3.77. The van der Waals surface area contributed by atoms with Crippen LogP contribution in [0.25, 0.3) is 0 Å². The first kappa shape index (κ1) is 9.70. The van der Waals surface area contributed by atoms with Crippen molar-refractivity contribution < 1.29 is 9.42 Å². The molecule has 0 radical (unpaired) electrons. The highest BCUT2D eigenvalue weighted by atomic mass is 16.6. The lowest BCUT2D eigenvalue weighted by molar-refractivity contribution is -0.115. The molecule has 0 aromatic carbocycles. The van der Waals surface area contributed by atoms with Gasteiger partial charge in [-0.3, -0.25) is 4.79 Å². The largest absolute Gasteiger partial charge is 0.378 e. The molecule has 0 bridgehead atoms. The van der Waals surface area contributed by atoms with Gasteiger partial charge in [-0.05, 0) is 22.7 Å². The van der Waals surface area contributed by atoms with Crippen LogP contribution in [0.4, 0.5) is 11.6 Å². The molecule has 6 nitrogen and oxygen atoms in total. The highest BCUT2D eigenvalue weighted by molar-refractivity contribution is 5.92. The van der Waals surface area contributed by atoms with E-state index >= 15 is 0 Å². The molecular formula is C9H12N4O2. The average molecular weight is 208 g/mol. The van der Waals surface area contributed by atoms with Crippen molar-refractivity contribution >= 4 is 17.4 Å². The van der Waals surface area contributed by atoms with Crippen LogP contribution in [-0.4, -0.2) is 16.1 Å². The Hall–Kier alpha value is -1.85. The first-order valence-electron chi connectivity index (χ1n) is 4.73. The summed E-state index contributed by atoms with van der Waals surface area (Å²) in [5.41, 5.74) is 6.29. The Morgan fingerprint density at radius 1 is 1.53 bits per heavy atom. The summed E-state index contributed by atoms with van der Waals surface area (Å²) >= 11 is 0. The number of rotatable bonds is 2. The number of anilines is 2. The van der Waals surface area contributed by atoms with Gasteiger partial charge in [-0.25, -0.2) is 4.63 Å². The molecule has 1 aromatic rings. The maximum absolute atomic E-state index is 11.3. The van der Waals surface area contributed by atoms with Gasteiger partial charge in [0.25, 0.3) is 0 Å². The number of nitrogens with one attached hydrogen (secondary N) is 1. The zero-order chi connectivity index (χ0) is 10.8. The molecule has 2 rings (SSSR count). The van der Waals surface area contributed by atoms with Gasteiger partial charge >= 0.3 is 0 Å². The molecule has 0 saturated heterocycles. The van der Waals surface area contributed by atoms with Crippen LogP contribution in [0.5, 0.6) is 0 Å². The van der Waals surface area contributed by atoms with E-state index in [0.717, 1.165) is 12.1 Å². The highest BCUT2D eigenvalue weighted by Crippen LogP contribution is 2.23. The summed E-state index contributed by atoms with van der Waals surface area (Å²) in [4.78, 5) is 11.3. The minimum absolute atomic E-state index is 0.117. The molecule has 1 aliphatic rings. The van der Waals surface area contributed by atoms with Crippen molar-refractivity contribution in [1.82, 2.24) is 10.3 Å². The molecule has 1 heterocycles. The van der Waals surface area contributed by atoms with Gasteiger partial charge in [-0.2, -0.15) is 0 Å². The van der Waals surface area contributed by atoms with E-state index in [2.05, 4.69) is 20.3 Å². The van der Waals surface area contributed by atoms with Gasteiger partial charge in [0.1, 0.15) is 0 Å². The maximum atomic E-state index is 11.3. The molecule has 0 saturated carbocycles. The number of aromatic nitrogens is 2. The van der Waals surface area contributed by atoms with Crippen LogP contribution in [0.3, 0.4) is 0 Å². The predicted molar refractivity (Wildman–Crippen MR) is 53.8 cm³/mol. The van der Waals surface area contributed by atoms with Crippen molar-refractivity contribution in [1.29, 1.82) is 0 Å². The Labute approximate surface area is 86.5 Å². The number of nitrogens with two attached hydrogens (primary N) is 1. The molecular weight excluding hydrogens is 196 g/mol. The van der Waals surface area contributed by atoms with Gasteiger partial charge in [0.05, 0.1) is 0 Å². The number of hydrogen-bond acceptors (Lipinski definition) is 6. The number of ketones is 1. The van der Waals surface area contributed by atoms with Gasteiger partial charge in [-0.15, -0.1) is 0 Å². The minimum Gasteiger partial charge on any atom is -0.378 e. The van der Waals surface area contributed by atoms with Gasteiger partial charge in [0.2, 0.25) is 11.6 Å². The van der Waals surface area contributed by atoms with Gasteiger partial charge in [0, 0.05) is 18.2 Å². The van der Waals surface area contributed by atoms with Gasteiger partial charge in [-0.1, -0.05) is 6.92 Å². The zero-order valence-electron chi connectivity index (χ0n) is 8.36. The number of nitrogen functional groups attached to an aromatic ring is 1. The van der Waals surface area contributed by atoms with E-state index in [9.17, 15) is 4.79 Å². The van der Waals surface area contributed by atoms with E-state index < -0.39 is 0 Å². The second kappa shape index (κ2) is 3.72. The Kier molecular flexibility index (Phi) is 2.40. The quantitative estimate of drug-likeness (QED) is 0.751. The van der Waals surface area contributed by atoms with Gasteiger partial charge < -0.3 is 11.1 Å². The second-order valence-electron chi connectivity index (χ2n) is 3.77. The lowest BCUT2D eigenvalue weighted by Gasteiger charge is -2.18. The number of carbonyl (C=O) groups excluding carboxylic acids is 1. The third-order valence-corrected chi connectivity index (χ3v) is 2.25. The van der Waals surface area contributed by atoms with E-state index in [1.165, 1.54) is 0 Å². The Balaban J connectivity index is 2.12. The minimum atomic E-state index is 0.117. The SMILES string of the molecule is C[C@@H]1CC(=O)C=C(Nc2nonc2N)C1. The molecule has 3 N–H and O–H groups in total. The summed E-state index contributed by atoms with van der Waals surface area (Å²) in [6.45, 7) is 2.02. The van der Waals surface area contributed by atoms with Crippen molar-refractivity contribution in [3.05, 3.63) is 11.8 Å². The molecule has 1 atom stereocenters. The van der Waals surface area contributed by atoms with Crippen molar-refractivity contribution in [2.75, 3.05) is 11.1 Å². The molecule has 0 spiro atoms. The third kappa shape index (κ3) is 2.15. The molecule has 1 aliphatic carbocycles. The fourth-order valence-corrected chi connectivity index (χ4v) is 1.62. The van der Waals surface area contributed by atoms with Crippen molar-refractivity contribution in [3.8, 4) is 0 Å². The van der Waals surface area contributed by atoms with Crippen molar-refractivity contribution in [2.45, 2.75) is 19.8 Å². The summed E-state index contributed by atoms with van der Waals surface area (Å²) in [6, 6.07) is 0. The highest BCUT2D eigenvalue weighted by Gasteiger charge is 2.18. The topological polar surface area (TPSA) is 94.0 Å². The third-order valence-electron chi connectivity index (χ3n) is 2.25. The summed E-state index contributed by atoms with van der Waals surface area (Å²) < 4.78 is 4.44. The van der Waals surface area contributed by atoms with Crippen LogP contribution in [-0.2, 0) is 4.79 Å². The summed E-state index contributed by atoms with van der Waals surface area (Å²) in [7, 11) is 0. The van der Waals surface area contributed by atoms with Gasteiger partial charge in [0.15, 0.2) is 5.78 Å². The fraction of sp³-hybridized carbons (Fsp3) is 0.444. The predicted octanol–water partition coefficient (Wildman–Crippen LogP) is 0.947. The fourth-order valence-electron chi connectivity index (χ4n) is 1.62. The van der Waals surface area contributed by atoms with Crippen molar-refractivity contribution in [2.24, 2.45) is 5.92 Å². The van der Waals surface area contributed by atoms with E-state index in [-0.39, 0.29) is 11.6 Å². The van der Waals surface area contributed by atoms with Crippen LogP contribution >= 0.6 is 0 Å². The first-order chi connectivity index (χ1) is 7.15. The molecule has 0 aliphatic heterocycles. The monoisotopic (exact) mass is 208 g/mol. The Morgan fingerprint density at radius 2 is 2.33 bits per heavy atom. The van der Waals surface area contributed by atoms with E-state index in [1.54, 1.807) is 6.08 Å². The zero-order valence-corrected chi connectivity index (χ0v) is 8.36. The molecule has 6 heteroatoms. The number of nitrogens with zero attached hydrogens (tertiary/aromatic N) is 2. The molecule has 0 fully saturated rings. The maximum Gasteiger partial charge on any atom is 0.219 e. The molecule has 15 heavy (non-hydrogen) atoms. The summed E-state index contributed by atoms with van der Waals surface area (Å²) in [5, 5.41) is 9.96. The Bertz CT molecular complexity index is 410. The van der Waals surface area contributed by atoms with Crippen LogP contribution in [0.15, 0.2) is 16.4 Å². The molecule has 1 aromatic heterocycles. The first-order valence-corrected chi connectivity index (χ1v) is 4.73. The standard InChI is InChI=1S/C9H12N4O2/c1-5-2-6(4-7(14)3-5)11-9-8(10)12-15-13-9/h4-5H,2-3H2,1H3,(H2,10,12)(H,11,13)/t5-/m0/s1. The van der Waals surface area contributed by atoms with E-state index in [0.29, 0.717) is 18.2 Å². The molecule has 0 unspecified atom stereocenters. The normalized spacial score (nSPS) is 21.3. The van der Waals surface area contributed by atoms with Crippen LogP contribution in [0, 0.1) is 5.92 Å². The lowest BCUT2D eigenvalue weighted by atomic mass is 9.93. The van der Waals surface area contributed by atoms with E-state index in [1.807, 2.05) is 6.92 Å². The molecule has 80 valence electrons. The van der Waals surface area contributed by atoms with Crippen LogP contribution < -0.4 is 11.1 Å². The summed E-state index contributed by atoms with van der Waals surface area (Å²) in [5.74, 6) is 1.02. The van der Waals surface area contributed by atoms with Crippen LogP contribution in [0.1, 0.15) is 19.8 Å².